The molecule has 0 radical (unpaired) electrons. The van der Waals surface area contributed by atoms with Crippen LogP contribution in [0.2, 0.25) is 0 Å². The fourth-order valence-corrected chi connectivity index (χ4v) is 1.46. The summed E-state index contributed by atoms with van der Waals surface area (Å²) in [6.07, 6.45) is 3.92. The van der Waals surface area contributed by atoms with Crippen LogP contribution in [0.15, 0.2) is 24.3 Å². The molecule has 0 aliphatic carbocycles. The summed E-state index contributed by atoms with van der Waals surface area (Å²) in [5.41, 5.74) is 0.790. The number of benzene rings is 1. The van der Waals surface area contributed by atoms with Gasteiger partial charge in [-0.05, 0) is 23.6 Å². The first kappa shape index (κ1) is 13.6. The quantitative estimate of drug-likeness (QED) is 0.603. The summed E-state index contributed by atoms with van der Waals surface area (Å²) in [5.74, 6) is 2.02. The monoisotopic (exact) mass is 247 g/mol. The largest absolute Gasteiger partial charge is 0.497 e. The molecule has 0 aliphatic heterocycles. The first-order chi connectivity index (χ1) is 8.56. The van der Waals surface area contributed by atoms with E-state index in [1.807, 2.05) is 5.92 Å². The Morgan fingerprint density at radius 1 is 1.44 bits per heavy atom. The molecular weight excluding hydrogens is 234 g/mol. The van der Waals surface area contributed by atoms with Crippen LogP contribution in [-0.2, 0) is 11.2 Å². The fourth-order valence-electron chi connectivity index (χ4n) is 1.46. The number of rotatable bonds is 5. The third-order valence-corrected chi connectivity index (χ3v) is 2.36. The van der Waals surface area contributed by atoms with Crippen molar-refractivity contribution in [1.29, 1.82) is 0 Å². The highest BCUT2D eigenvalue weighted by Crippen LogP contribution is 2.12. The van der Waals surface area contributed by atoms with Crippen LogP contribution in [0.25, 0.3) is 0 Å². The summed E-state index contributed by atoms with van der Waals surface area (Å²) >= 11 is 0. The van der Waals surface area contributed by atoms with Gasteiger partial charge in [0.25, 0.3) is 0 Å². The van der Waals surface area contributed by atoms with Gasteiger partial charge in [-0.25, -0.2) is 4.79 Å². The number of hydrogen-bond donors (Lipinski definition) is 2. The number of ketones is 1. The normalized spacial score (nSPS) is 11.1. The highest BCUT2D eigenvalue weighted by molar-refractivity contribution is 6.00. The minimum Gasteiger partial charge on any atom is -0.497 e. The molecule has 1 atom stereocenters. The SMILES string of the molecule is C#CC(=O)C(Cc1ccc(OC)cc1)NC(=O)O. The van der Waals surface area contributed by atoms with E-state index in [0.29, 0.717) is 5.75 Å². The van der Waals surface area contributed by atoms with Crippen molar-refractivity contribution in [1.82, 2.24) is 5.32 Å². The van der Waals surface area contributed by atoms with Crippen molar-refractivity contribution in [2.75, 3.05) is 7.11 Å². The first-order valence-corrected chi connectivity index (χ1v) is 5.19. The second-order valence-corrected chi connectivity index (χ2v) is 3.56. The van der Waals surface area contributed by atoms with Gasteiger partial charge in [0.1, 0.15) is 11.8 Å². The van der Waals surface area contributed by atoms with Crippen molar-refractivity contribution in [2.24, 2.45) is 0 Å². The smallest absolute Gasteiger partial charge is 0.405 e. The van der Waals surface area contributed by atoms with E-state index in [1.54, 1.807) is 31.4 Å². The molecule has 94 valence electrons. The van der Waals surface area contributed by atoms with E-state index < -0.39 is 17.9 Å². The average Bonchev–Trinajstić information content (AvgIpc) is 2.37. The molecule has 0 heterocycles. The standard InChI is InChI=1S/C13H13NO4/c1-3-12(15)11(14-13(16)17)8-9-4-6-10(18-2)7-5-9/h1,4-7,11,14H,8H2,2H3,(H,16,17). The minimum absolute atomic E-state index is 0.208. The fraction of sp³-hybridized carbons (Fsp3) is 0.231. The lowest BCUT2D eigenvalue weighted by Crippen LogP contribution is -2.41. The molecule has 0 saturated heterocycles. The third-order valence-electron chi connectivity index (χ3n) is 2.36. The van der Waals surface area contributed by atoms with Crippen LogP contribution < -0.4 is 10.1 Å². The molecule has 2 N–H and O–H groups in total. The van der Waals surface area contributed by atoms with Crippen molar-refractivity contribution in [2.45, 2.75) is 12.5 Å². The number of carboxylic acid groups (broad SMARTS) is 1. The Kier molecular flexibility index (Phi) is 4.76. The Morgan fingerprint density at radius 2 is 2.06 bits per heavy atom. The van der Waals surface area contributed by atoms with Crippen molar-refractivity contribution < 1.29 is 19.4 Å². The lowest BCUT2D eigenvalue weighted by molar-refractivity contribution is -0.115. The Bertz CT molecular complexity index is 473. The molecule has 1 aromatic rings. The van der Waals surface area contributed by atoms with E-state index in [4.69, 9.17) is 16.3 Å². The molecule has 0 saturated carbocycles. The summed E-state index contributed by atoms with van der Waals surface area (Å²) in [6, 6.07) is 6.03. The van der Waals surface area contributed by atoms with Crippen LogP contribution in [0, 0.1) is 12.3 Å². The predicted octanol–water partition coefficient (Wildman–Crippen LogP) is 1.08. The molecule has 5 nitrogen and oxygen atoms in total. The number of Topliss-reactive ketones (excluding diaryl/α,β-unsaturated/α-hetero) is 1. The maximum atomic E-state index is 11.4. The van der Waals surface area contributed by atoms with E-state index in [0.717, 1.165) is 5.56 Å². The molecule has 0 bridgehead atoms. The first-order valence-electron chi connectivity index (χ1n) is 5.19. The molecule has 18 heavy (non-hydrogen) atoms. The Labute approximate surface area is 105 Å². The van der Waals surface area contributed by atoms with E-state index in [9.17, 15) is 9.59 Å². The average molecular weight is 247 g/mol. The van der Waals surface area contributed by atoms with E-state index in [-0.39, 0.29) is 6.42 Å². The van der Waals surface area contributed by atoms with Crippen molar-refractivity contribution in [3.8, 4) is 18.1 Å². The number of carbonyl (C=O) groups is 2. The van der Waals surface area contributed by atoms with Crippen LogP contribution in [0.3, 0.4) is 0 Å². The van der Waals surface area contributed by atoms with Gasteiger partial charge in [0.15, 0.2) is 0 Å². The molecule has 0 spiro atoms. The number of ether oxygens (including phenoxy) is 1. The summed E-state index contributed by atoms with van der Waals surface area (Å²) in [7, 11) is 1.55. The third kappa shape index (κ3) is 3.83. The van der Waals surface area contributed by atoms with Crippen LogP contribution >= 0.6 is 0 Å². The number of carbonyl (C=O) groups excluding carboxylic acids is 1. The van der Waals surface area contributed by atoms with Crippen LogP contribution in [-0.4, -0.2) is 30.1 Å². The molecule has 1 unspecified atom stereocenters. The molecule has 1 aromatic carbocycles. The van der Waals surface area contributed by atoms with Gasteiger partial charge < -0.3 is 15.2 Å². The minimum atomic E-state index is -1.28. The molecule has 5 heteroatoms. The maximum Gasteiger partial charge on any atom is 0.405 e. The van der Waals surface area contributed by atoms with E-state index in [1.165, 1.54) is 0 Å². The van der Waals surface area contributed by atoms with Crippen molar-refractivity contribution >= 4 is 11.9 Å². The van der Waals surface area contributed by atoms with E-state index >= 15 is 0 Å². The summed E-state index contributed by atoms with van der Waals surface area (Å²) < 4.78 is 5.00. The zero-order valence-electron chi connectivity index (χ0n) is 9.84. The second-order valence-electron chi connectivity index (χ2n) is 3.56. The molecule has 0 aliphatic rings. The van der Waals surface area contributed by atoms with Gasteiger partial charge in [-0.2, -0.15) is 0 Å². The van der Waals surface area contributed by atoms with Crippen molar-refractivity contribution in [3.05, 3.63) is 29.8 Å². The van der Waals surface area contributed by atoms with Gasteiger partial charge in [0.2, 0.25) is 5.78 Å². The summed E-state index contributed by atoms with van der Waals surface area (Å²) in [4.78, 5) is 22.0. The molecule has 1 amide bonds. The summed E-state index contributed by atoms with van der Waals surface area (Å²) in [5, 5.41) is 10.7. The Morgan fingerprint density at radius 3 is 2.50 bits per heavy atom. The highest BCUT2D eigenvalue weighted by atomic mass is 16.5. The number of methoxy groups -OCH3 is 1. The zero-order chi connectivity index (χ0) is 13.5. The number of hydrogen-bond acceptors (Lipinski definition) is 3. The number of nitrogens with one attached hydrogen (secondary N) is 1. The van der Waals surface area contributed by atoms with Gasteiger partial charge >= 0.3 is 6.09 Å². The highest BCUT2D eigenvalue weighted by Gasteiger charge is 2.19. The molecular formula is C13H13NO4. The lowest BCUT2D eigenvalue weighted by atomic mass is 10.0. The summed E-state index contributed by atoms with van der Waals surface area (Å²) in [6.45, 7) is 0. The van der Waals surface area contributed by atoms with Gasteiger partial charge in [0.05, 0.1) is 7.11 Å². The van der Waals surface area contributed by atoms with Gasteiger partial charge in [-0.1, -0.05) is 12.1 Å². The van der Waals surface area contributed by atoms with Crippen LogP contribution in [0.1, 0.15) is 5.56 Å². The zero-order valence-corrected chi connectivity index (χ0v) is 9.84. The Hall–Kier alpha value is -2.48. The van der Waals surface area contributed by atoms with Crippen LogP contribution in [0.5, 0.6) is 5.75 Å². The predicted molar refractivity (Wildman–Crippen MR) is 65.5 cm³/mol. The van der Waals surface area contributed by atoms with Crippen molar-refractivity contribution in [3.63, 3.8) is 0 Å². The molecule has 0 aromatic heterocycles. The lowest BCUT2D eigenvalue weighted by Gasteiger charge is -2.13. The topological polar surface area (TPSA) is 75.6 Å². The second kappa shape index (κ2) is 6.30. The van der Waals surface area contributed by atoms with Gasteiger partial charge in [-0.3, -0.25) is 4.79 Å². The Balaban J connectivity index is 2.79. The number of terminal acetylenes is 1. The molecule has 1 rings (SSSR count). The van der Waals surface area contributed by atoms with Gasteiger partial charge in [-0.15, -0.1) is 6.42 Å². The maximum absolute atomic E-state index is 11.4. The molecule has 0 fully saturated rings. The number of amides is 1. The van der Waals surface area contributed by atoms with Gasteiger partial charge in [0, 0.05) is 6.42 Å². The van der Waals surface area contributed by atoms with E-state index in [2.05, 4.69) is 5.32 Å². The van der Waals surface area contributed by atoms with Crippen LogP contribution in [0.4, 0.5) is 4.79 Å².